The maximum Gasteiger partial charge on any atom is 0.371 e. The monoisotopic (exact) mass is 162 g/mol. The van der Waals surface area contributed by atoms with E-state index >= 15 is 0 Å². The highest BCUT2D eigenvalue weighted by molar-refractivity contribution is 5.84. The summed E-state index contributed by atoms with van der Waals surface area (Å²) in [4.78, 5) is 10.1. The summed E-state index contributed by atoms with van der Waals surface area (Å²) in [5, 5.41) is 8.24. The first-order valence-electron chi connectivity index (χ1n) is 2.72. The van der Waals surface area contributed by atoms with Gasteiger partial charge in [0.05, 0.1) is 0 Å². The van der Waals surface area contributed by atoms with Gasteiger partial charge in [-0.05, 0) is 12.1 Å². The normalized spacial score (nSPS) is 10.5. The molecule has 0 radical (unpaired) electrons. The number of alkyl halides is 2. The SMILES string of the molecule is O=C(O)c1ccc(C(F)F)o1. The first-order valence-corrected chi connectivity index (χ1v) is 2.72. The lowest BCUT2D eigenvalue weighted by Crippen LogP contribution is -1.91. The lowest BCUT2D eigenvalue weighted by molar-refractivity contribution is 0.0644. The van der Waals surface area contributed by atoms with Crippen molar-refractivity contribution in [3.63, 3.8) is 0 Å². The molecule has 1 N–H and O–H groups in total. The Morgan fingerprint density at radius 2 is 2.18 bits per heavy atom. The van der Waals surface area contributed by atoms with E-state index in [-0.39, 0.29) is 0 Å². The van der Waals surface area contributed by atoms with Crippen LogP contribution in [-0.4, -0.2) is 11.1 Å². The van der Waals surface area contributed by atoms with Crippen LogP contribution in [0.15, 0.2) is 16.5 Å². The minimum atomic E-state index is -2.76. The van der Waals surface area contributed by atoms with Gasteiger partial charge in [0.25, 0.3) is 6.43 Å². The van der Waals surface area contributed by atoms with E-state index in [2.05, 4.69) is 4.42 Å². The largest absolute Gasteiger partial charge is 0.475 e. The van der Waals surface area contributed by atoms with E-state index in [4.69, 9.17) is 5.11 Å². The quantitative estimate of drug-likeness (QED) is 0.722. The van der Waals surface area contributed by atoms with E-state index in [1.54, 1.807) is 0 Å². The maximum atomic E-state index is 11.8. The Balaban J connectivity index is 2.90. The molecule has 3 nitrogen and oxygen atoms in total. The molecule has 0 aliphatic heterocycles. The number of rotatable bonds is 2. The molecular weight excluding hydrogens is 158 g/mol. The van der Waals surface area contributed by atoms with Crippen molar-refractivity contribution in [1.82, 2.24) is 0 Å². The van der Waals surface area contributed by atoms with Crippen LogP contribution < -0.4 is 0 Å². The zero-order chi connectivity index (χ0) is 8.43. The van der Waals surface area contributed by atoms with Crippen molar-refractivity contribution in [3.05, 3.63) is 23.7 Å². The average molecular weight is 162 g/mol. The molecule has 1 aromatic rings. The highest BCUT2D eigenvalue weighted by atomic mass is 19.3. The van der Waals surface area contributed by atoms with Crippen LogP contribution in [0.25, 0.3) is 0 Å². The average Bonchev–Trinajstić information content (AvgIpc) is 2.33. The Bertz CT molecular complexity index is 267. The number of hydrogen-bond donors (Lipinski definition) is 1. The summed E-state index contributed by atoms with van der Waals surface area (Å²) >= 11 is 0. The Morgan fingerprint density at radius 3 is 2.45 bits per heavy atom. The third-order valence-electron chi connectivity index (χ3n) is 1.05. The lowest BCUT2D eigenvalue weighted by Gasteiger charge is -1.89. The summed E-state index contributed by atoms with van der Waals surface area (Å²) in [6.45, 7) is 0. The fraction of sp³-hybridized carbons (Fsp3) is 0.167. The summed E-state index contributed by atoms with van der Waals surface area (Å²) in [6, 6.07) is 1.93. The van der Waals surface area contributed by atoms with Crippen LogP contribution in [-0.2, 0) is 0 Å². The number of carboxylic acids is 1. The lowest BCUT2D eigenvalue weighted by atomic mass is 10.4. The van der Waals surface area contributed by atoms with Gasteiger partial charge in [-0.25, -0.2) is 13.6 Å². The highest BCUT2D eigenvalue weighted by Gasteiger charge is 2.15. The van der Waals surface area contributed by atoms with E-state index in [1.165, 1.54) is 0 Å². The van der Waals surface area contributed by atoms with Crippen LogP contribution in [0.3, 0.4) is 0 Å². The van der Waals surface area contributed by atoms with Gasteiger partial charge in [-0.3, -0.25) is 0 Å². The molecule has 60 valence electrons. The van der Waals surface area contributed by atoms with Crippen molar-refractivity contribution in [2.75, 3.05) is 0 Å². The fourth-order valence-corrected chi connectivity index (χ4v) is 0.585. The van der Waals surface area contributed by atoms with E-state index in [1.807, 2.05) is 0 Å². The number of aromatic carboxylic acids is 1. The van der Waals surface area contributed by atoms with Crippen molar-refractivity contribution in [1.29, 1.82) is 0 Å². The molecule has 11 heavy (non-hydrogen) atoms. The van der Waals surface area contributed by atoms with Gasteiger partial charge in [-0.1, -0.05) is 0 Å². The van der Waals surface area contributed by atoms with Crippen LogP contribution in [0.4, 0.5) is 8.78 Å². The van der Waals surface area contributed by atoms with Crippen LogP contribution in [0.5, 0.6) is 0 Å². The van der Waals surface area contributed by atoms with Crippen LogP contribution in [0.2, 0.25) is 0 Å². The topological polar surface area (TPSA) is 50.4 Å². The first-order chi connectivity index (χ1) is 5.11. The van der Waals surface area contributed by atoms with Gasteiger partial charge in [0.1, 0.15) is 0 Å². The summed E-state index contributed by atoms with van der Waals surface area (Å²) in [7, 11) is 0. The summed E-state index contributed by atoms with van der Waals surface area (Å²) < 4.78 is 27.8. The van der Waals surface area contributed by atoms with Crippen molar-refractivity contribution < 1.29 is 23.1 Å². The molecule has 0 atom stereocenters. The second-order valence-corrected chi connectivity index (χ2v) is 1.81. The molecule has 0 amide bonds. The molecule has 1 rings (SSSR count). The van der Waals surface area contributed by atoms with E-state index in [9.17, 15) is 13.6 Å². The van der Waals surface area contributed by atoms with Gasteiger partial charge in [0.15, 0.2) is 5.76 Å². The number of carbonyl (C=O) groups is 1. The van der Waals surface area contributed by atoms with Gasteiger partial charge in [0.2, 0.25) is 5.76 Å². The van der Waals surface area contributed by atoms with Gasteiger partial charge in [-0.2, -0.15) is 0 Å². The molecule has 0 aromatic carbocycles. The second-order valence-electron chi connectivity index (χ2n) is 1.81. The molecule has 0 unspecified atom stereocenters. The molecular formula is C6H4F2O3. The molecule has 0 saturated heterocycles. The zero-order valence-electron chi connectivity index (χ0n) is 5.25. The van der Waals surface area contributed by atoms with E-state index in [0.29, 0.717) is 0 Å². The molecule has 0 aliphatic carbocycles. The molecule has 0 bridgehead atoms. The number of halogens is 2. The number of hydrogen-bond acceptors (Lipinski definition) is 2. The predicted octanol–water partition coefficient (Wildman–Crippen LogP) is 1.92. The van der Waals surface area contributed by atoms with Crippen molar-refractivity contribution >= 4 is 5.97 Å². The molecule has 0 spiro atoms. The number of carboxylic acid groups (broad SMARTS) is 1. The smallest absolute Gasteiger partial charge is 0.371 e. The summed E-state index contributed by atoms with van der Waals surface area (Å²) in [5.41, 5.74) is 0. The summed E-state index contributed by atoms with van der Waals surface area (Å²) in [6.07, 6.45) is -2.76. The van der Waals surface area contributed by atoms with Crippen molar-refractivity contribution in [2.45, 2.75) is 6.43 Å². The van der Waals surface area contributed by atoms with E-state index in [0.717, 1.165) is 12.1 Å². The highest BCUT2D eigenvalue weighted by Crippen LogP contribution is 2.20. The second kappa shape index (κ2) is 2.69. The van der Waals surface area contributed by atoms with Crippen LogP contribution >= 0.6 is 0 Å². The maximum absolute atomic E-state index is 11.8. The van der Waals surface area contributed by atoms with E-state index < -0.39 is 23.9 Å². The Labute approximate surface area is 60.2 Å². The molecule has 1 aromatic heterocycles. The standard InChI is InChI=1S/C6H4F2O3/c7-5(8)3-1-2-4(11-3)6(9)10/h1-2,5H,(H,9,10). The molecule has 5 heteroatoms. The third-order valence-corrected chi connectivity index (χ3v) is 1.05. The van der Waals surface area contributed by atoms with Gasteiger partial charge in [0, 0.05) is 0 Å². The molecule has 0 fully saturated rings. The Morgan fingerprint density at radius 1 is 1.55 bits per heavy atom. The van der Waals surface area contributed by atoms with Crippen LogP contribution in [0.1, 0.15) is 22.7 Å². The zero-order valence-corrected chi connectivity index (χ0v) is 5.25. The summed E-state index contributed by atoms with van der Waals surface area (Å²) in [5.74, 6) is -2.44. The minimum absolute atomic E-state index is 0.472. The fourth-order valence-electron chi connectivity index (χ4n) is 0.585. The van der Waals surface area contributed by atoms with Gasteiger partial charge < -0.3 is 9.52 Å². The first kappa shape index (κ1) is 7.71. The Kier molecular flexibility index (Phi) is 1.89. The molecule has 0 aliphatic rings. The molecule has 1 heterocycles. The van der Waals surface area contributed by atoms with Crippen LogP contribution in [0, 0.1) is 0 Å². The van der Waals surface area contributed by atoms with Crippen molar-refractivity contribution in [3.8, 4) is 0 Å². The van der Waals surface area contributed by atoms with Gasteiger partial charge in [-0.15, -0.1) is 0 Å². The number of furan rings is 1. The predicted molar refractivity (Wildman–Crippen MR) is 30.6 cm³/mol. The van der Waals surface area contributed by atoms with Gasteiger partial charge >= 0.3 is 5.97 Å². The third kappa shape index (κ3) is 1.54. The minimum Gasteiger partial charge on any atom is -0.475 e. The Hall–Kier alpha value is -1.39. The van der Waals surface area contributed by atoms with Crippen molar-refractivity contribution in [2.24, 2.45) is 0 Å². The molecule has 0 saturated carbocycles.